The van der Waals surface area contributed by atoms with Crippen LogP contribution in [-0.2, 0) is 6.54 Å². The summed E-state index contributed by atoms with van der Waals surface area (Å²) in [5.74, 6) is 1.05. The molecule has 0 spiro atoms. The lowest BCUT2D eigenvalue weighted by Gasteiger charge is -2.06. The van der Waals surface area contributed by atoms with Crippen LogP contribution in [0.25, 0.3) is 10.9 Å². The monoisotopic (exact) mass is 266 g/mol. The molecule has 1 aromatic heterocycles. The van der Waals surface area contributed by atoms with Crippen molar-refractivity contribution in [1.82, 2.24) is 4.57 Å². The SMILES string of the molecule is CCSc1cc(N)cc2c1ccn2C/C=C/Cl. The summed E-state index contributed by atoms with van der Waals surface area (Å²) in [6.07, 6.45) is 3.98. The van der Waals surface area contributed by atoms with Gasteiger partial charge in [-0.1, -0.05) is 24.6 Å². The molecular formula is C13H15ClN2S. The van der Waals surface area contributed by atoms with Gasteiger partial charge < -0.3 is 10.3 Å². The predicted molar refractivity (Wildman–Crippen MR) is 77.7 cm³/mol. The lowest BCUT2D eigenvalue weighted by Crippen LogP contribution is -1.94. The van der Waals surface area contributed by atoms with E-state index in [1.807, 2.05) is 30.0 Å². The Morgan fingerprint density at radius 3 is 3.00 bits per heavy atom. The van der Waals surface area contributed by atoms with Crippen molar-refractivity contribution in [2.24, 2.45) is 0 Å². The first-order valence-electron chi connectivity index (χ1n) is 5.52. The number of benzene rings is 1. The van der Waals surface area contributed by atoms with E-state index in [0.717, 1.165) is 23.5 Å². The van der Waals surface area contributed by atoms with Gasteiger partial charge in [-0.2, -0.15) is 0 Å². The largest absolute Gasteiger partial charge is 0.399 e. The summed E-state index contributed by atoms with van der Waals surface area (Å²) < 4.78 is 2.14. The summed E-state index contributed by atoms with van der Waals surface area (Å²) in [5.41, 5.74) is 9.45. The minimum Gasteiger partial charge on any atom is -0.399 e. The highest BCUT2D eigenvalue weighted by atomic mass is 35.5. The van der Waals surface area contributed by atoms with Crippen LogP contribution < -0.4 is 5.73 Å². The molecule has 4 heteroatoms. The number of anilines is 1. The minimum atomic E-state index is 0.771. The molecule has 2 rings (SSSR count). The molecule has 0 bridgehead atoms. The molecule has 1 heterocycles. The van der Waals surface area contributed by atoms with Gasteiger partial charge in [-0.25, -0.2) is 0 Å². The summed E-state index contributed by atoms with van der Waals surface area (Å²) in [5, 5.41) is 1.26. The van der Waals surface area contributed by atoms with Gasteiger partial charge in [-0.05, 0) is 24.0 Å². The number of thioether (sulfide) groups is 1. The molecule has 0 atom stereocenters. The predicted octanol–water partition coefficient (Wildman–Crippen LogP) is 4.09. The summed E-state index contributed by atoms with van der Waals surface area (Å²) >= 11 is 7.38. The fourth-order valence-electron chi connectivity index (χ4n) is 1.87. The third-order valence-electron chi connectivity index (χ3n) is 2.56. The number of aromatic nitrogens is 1. The lowest BCUT2D eigenvalue weighted by atomic mass is 10.2. The second-order valence-electron chi connectivity index (χ2n) is 3.71. The van der Waals surface area contributed by atoms with Gasteiger partial charge in [0.15, 0.2) is 0 Å². The summed E-state index contributed by atoms with van der Waals surface area (Å²) in [6.45, 7) is 2.92. The van der Waals surface area contributed by atoms with Crippen LogP contribution in [0.1, 0.15) is 6.92 Å². The molecule has 0 radical (unpaired) electrons. The molecule has 2 aromatic rings. The average molecular weight is 267 g/mol. The number of allylic oxidation sites excluding steroid dienone is 1. The molecule has 0 unspecified atom stereocenters. The zero-order valence-corrected chi connectivity index (χ0v) is 11.3. The van der Waals surface area contributed by atoms with Crippen molar-refractivity contribution in [2.75, 3.05) is 11.5 Å². The Bertz CT molecular complexity index is 546. The standard InChI is InChI=1S/C13H15ClN2S/c1-2-17-13-9-10(15)8-12-11(13)4-7-16(12)6-3-5-14/h3-5,7-9H,2,6,15H2,1H3/b5-3+. The highest BCUT2D eigenvalue weighted by Gasteiger charge is 2.06. The Kier molecular flexibility index (Phi) is 4.02. The molecule has 0 amide bonds. The molecule has 17 heavy (non-hydrogen) atoms. The molecule has 0 aliphatic carbocycles. The van der Waals surface area contributed by atoms with E-state index in [2.05, 4.69) is 23.8 Å². The molecule has 90 valence electrons. The molecular weight excluding hydrogens is 252 g/mol. The quantitative estimate of drug-likeness (QED) is 0.668. The summed E-state index contributed by atoms with van der Waals surface area (Å²) in [6, 6.07) is 6.18. The number of nitrogens with zero attached hydrogens (tertiary/aromatic N) is 1. The van der Waals surface area contributed by atoms with Crippen molar-refractivity contribution in [3.63, 3.8) is 0 Å². The maximum Gasteiger partial charge on any atom is 0.0515 e. The van der Waals surface area contributed by atoms with Crippen LogP contribution >= 0.6 is 23.4 Å². The number of nitrogens with two attached hydrogens (primary N) is 1. The maximum absolute atomic E-state index is 5.94. The maximum atomic E-state index is 5.94. The number of hydrogen-bond donors (Lipinski definition) is 1. The first-order valence-corrected chi connectivity index (χ1v) is 6.95. The van der Waals surface area contributed by atoms with Gasteiger partial charge in [0, 0.05) is 34.2 Å². The second-order valence-corrected chi connectivity index (χ2v) is 5.27. The summed E-state index contributed by atoms with van der Waals surface area (Å²) in [7, 11) is 0. The average Bonchev–Trinajstić information content (AvgIpc) is 2.70. The van der Waals surface area contributed by atoms with Gasteiger partial charge in [0.2, 0.25) is 0 Å². The Morgan fingerprint density at radius 2 is 2.29 bits per heavy atom. The Balaban J connectivity index is 2.52. The fraction of sp³-hybridized carbons (Fsp3) is 0.231. The number of fused-ring (bicyclic) bond motifs is 1. The van der Waals surface area contributed by atoms with E-state index < -0.39 is 0 Å². The smallest absolute Gasteiger partial charge is 0.0515 e. The second kappa shape index (κ2) is 5.52. The topological polar surface area (TPSA) is 30.9 Å². The zero-order chi connectivity index (χ0) is 12.3. The van der Waals surface area contributed by atoms with Crippen molar-refractivity contribution in [3.05, 3.63) is 36.0 Å². The first kappa shape index (κ1) is 12.4. The fourth-order valence-corrected chi connectivity index (χ4v) is 2.81. The normalized spacial score (nSPS) is 11.6. The van der Waals surface area contributed by atoms with E-state index in [0.29, 0.717) is 0 Å². The zero-order valence-electron chi connectivity index (χ0n) is 9.69. The van der Waals surface area contributed by atoms with E-state index in [9.17, 15) is 0 Å². The van der Waals surface area contributed by atoms with Crippen molar-refractivity contribution in [2.45, 2.75) is 18.4 Å². The Morgan fingerprint density at radius 1 is 1.47 bits per heavy atom. The van der Waals surface area contributed by atoms with Crippen LogP contribution in [0.5, 0.6) is 0 Å². The third-order valence-corrected chi connectivity index (χ3v) is 3.68. The lowest BCUT2D eigenvalue weighted by molar-refractivity contribution is 0.864. The van der Waals surface area contributed by atoms with Gasteiger partial charge in [0.25, 0.3) is 0 Å². The molecule has 0 aliphatic heterocycles. The van der Waals surface area contributed by atoms with Crippen molar-refractivity contribution < 1.29 is 0 Å². The molecule has 0 fully saturated rings. The van der Waals surface area contributed by atoms with E-state index in [-0.39, 0.29) is 0 Å². The van der Waals surface area contributed by atoms with E-state index in [4.69, 9.17) is 17.3 Å². The number of nitrogen functional groups attached to an aromatic ring is 1. The van der Waals surface area contributed by atoms with Crippen LogP contribution in [0.3, 0.4) is 0 Å². The third kappa shape index (κ3) is 2.61. The van der Waals surface area contributed by atoms with E-state index in [1.54, 1.807) is 5.54 Å². The van der Waals surface area contributed by atoms with Crippen molar-refractivity contribution in [3.8, 4) is 0 Å². The molecule has 1 aromatic carbocycles. The van der Waals surface area contributed by atoms with Gasteiger partial charge in [0.1, 0.15) is 0 Å². The van der Waals surface area contributed by atoms with Crippen LogP contribution in [-0.4, -0.2) is 10.3 Å². The van der Waals surface area contributed by atoms with Gasteiger partial charge >= 0.3 is 0 Å². The van der Waals surface area contributed by atoms with Crippen molar-refractivity contribution >= 4 is 40.0 Å². The molecule has 0 aliphatic rings. The number of rotatable bonds is 4. The molecule has 2 nitrogen and oxygen atoms in total. The van der Waals surface area contributed by atoms with Crippen molar-refractivity contribution in [1.29, 1.82) is 0 Å². The number of hydrogen-bond acceptors (Lipinski definition) is 2. The Hall–Kier alpha value is -1.06. The van der Waals surface area contributed by atoms with Crippen LogP contribution in [0.2, 0.25) is 0 Å². The van der Waals surface area contributed by atoms with Gasteiger partial charge in [-0.15, -0.1) is 11.8 Å². The van der Waals surface area contributed by atoms with Gasteiger partial charge in [-0.3, -0.25) is 0 Å². The number of halogens is 1. The molecule has 2 N–H and O–H groups in total. The highest BCUT2D eigenvalue weighted by molar-refractivity contribution is 7.99. The summed E-state index contributed by atoms with van der Waals surface area (Å²) in [4.78, 5) is 1.25. The van der Waals surface area contributed by atoms with Crippen LogP contribution in [0.15, 0.2) is 40.9 Å². The van der Waals surface area contributed by atoms with E-state index >= 15 is 0 Å². The van der Waals surface area contributed by atoms with E-state index in [1.165, 1.54) is 10.3 Å². The Labute approximate surface area is 110 Å². The highest BCUT2D eigenvalue weighted by Crippen LogP contribution is 2.31. The first-order chi connectivity index (χ1) is 8.26. The minimum absolute atomic E-state index is 0.771. The van der Waals surface area contributed by atoms with Crippen LogP contribution in [0, 0.1) is 0 Å². The van der Waals surface area contributed by atoms with Gasteiger partial charge in [0.05, 0.1) is 5.52 Å². The molecule has 0 saturated heterocycles. The van der Waals surface area contributed by atoms with Crippen LogP contribution in [0.4, 0.5) is 5.69 Å². The molecule has 0 saturated carbocycles.